The zero-order valence-electron chi connectivity index (χ0n) is 10.3. The van der Waals surface area contributed by atoms with Crippen LogP contribution in [0.3, 0.4) is 0 Å². The van der Waals surface area contributed by atoms with Gasteiger partial charge in [-0.25, -0.2) is 0 Å². The number of Topliss-reactive ketones (excluding diaryl/α,β-unsaturated/α-hetero) is 1. The summed E-state index contributed by atoms with van der Waals surface area (Å²) in [7, 11) is 0. The highest BCUT2D eigenvalue weighted by Gasteiger charge is 2.41. The van der Waals surface area contributed by atoms with Crippen LogP contribution in [0.15, 0.2) is 30.3 Å². The molecule has 2 fully saturated rings. The monoisotopic (exact) mass is 307 g/mol. The SMILES string of the molecule is O=C1CC(c2ccccc2)NC2C(Br)CCCC12. The number of fused-ring (bicyclic) bond motifs is 1. The Balaban J connectivity index is 1.82. The topological polar surface area (TPSA) is 29.1 Å². The number of benzene rings is 1. The lowest BCUT2D eigenvalue weighted by Crippen LogP contribution is -2.54. The van der Waals surface area contributed by atoms with E-state index in [1.165, 1.54) is 18.4 Å². The summed E-state index contributed by atoms with van der Waals surface area (Å²) in [4.78, 5) is 12.7. The number of carbonyl (C=O) groups is 1. The molecule has 0 amide bonds. The Morgan fingerprint density at radius 2 is 1.94 bits per heavy atom. The summed E-state index contributed by atoms with van der Waals surface area (Å²) in [5.41, 5.74) is 1.23. The van der Waals surface area contributed by atoms with Crippen LogP contribution in [0.4, 0.5) is 0 Å². The lowest BCUT2D eigenvalue weighted by molar-refractivity contribution is -0.127. The molecule has 1 aliphatic carbocycles. The lowest BCUT2D eigenvalue weighted by atomic mass is 9.76. The van der Waals surface area contributed by atoms with Crippen LogP contribution in [-0.4, -0.2) is 16.7 Å². The number of halogens is 1. The van der Waals surface area contributed by atoms with Gasteiger partial charge in [-0.2, -0.15) is 0 Å². The third-order valence-electron chi connectivity index (χ3n) is 4.23. The van der Waals surface area contributed by atoms with E-state index in [1.54, 1.807) is 0 Å². The maximum absolute atomic E-state index is 12.3. The molecular weight excluding hydrogens is 290 g/mol. The van der Waals surface area contributed by atoms with Crippen molar-refractivity contribution < 1.29 is 4.79 Å². The summed E-state index contributed by atoms with van der Waals surface area (Å²) in [6.07, 6.45) is 4.04. The minimum atomic E-state index is 0.193. The number of nitrogens with one attached hydrogen (secondary N) is 1. The van der Waals surface area contributed by atoms with Crippen LogP contribution in [0.5, 0.6) is 0 Å². The molecule has 2 nitrogen and oxygen atoms in total. The van der Waals surface area contributed by atoms with Crippen molar-refractivity contribution in [3.05, 3.63) is 35.9 Å². The van der Waals surface area contributed by atoms with Gasteiger partial charge in [0.15, 0.2) is 0 Å². The fourth-order valence-electron chi connectivity index (χ4n) is 3.27. The van der Waals surface area contributed by atoms with Crippen molar-refractivity contribution in [2.24, 2.45) is 5.92 Å². The van der Waals surface area contributed by atoms with Crippen molar-refractivity contribution in [3.63, 3.8) is 0 Å². The molecule has 4 atom stereocenters. The van der Waals surface area contributed by atoms with Crippen molar-refractivity contribution in [2.45, 2.75) is 42.6 Å². The Morgan fingerprint density at radius 3 is 2.72 bits per heavy atom. The van der Waals surface area contributed by atoms with E-state index in [9.17, 15) is 4.79 Å². The van der Waals surface area contributed by atoms with Crippen LogP contribution < -0.4 is 5.32 Å². The molecule has 1 aliphatic heterocycles. The molecule has 3 heteroatoms. The summed E-state index contributed by atoms with van der Waals surface area (Å²) in [6, 6.07) is 10.8. The minimum Gasteiger partial charge on any atom is -0.305 e. The standard InChI is InChI=1S/C15H18BrNO/c16-12-8-4-7-11-14(18)9-13(17-15(11)12)10-5-2-1-3-6-10/h1-3,5-6,11-13,15,17H,4,7-9H2. The van der Waals surface area contributed by atoms with Gasteiger partial charge < -0.3 is 5.32 Å². The second-order valence-electron chi connectivity index (χ2n) is 5.38. The Kier molecular flexibility index (Phi) is 3.53. The van der Waals surface area contributed by atoms with Crippen molar-refractivity contribution in [1.29, 1.82) is 0 Å². The highest BCUT2D eigenvalue weighted by Crippen LogP contribution is 2.37. The van der Waals surface area contributed by atoms with Crippen molar-refractivity contribution in [2.75, 3.05) is 0 Å². The predicted molar refractivity (Wildman–Crippen MR) is 75.8 cm³/mol. The molecule has 1 heterocycles. The smallest absolute Gasteiger partial charge is 0.139 e. The van der Waals surface area contributed by atoms with Gasteiger partial charge in [0.2, 0.25) is 0 Å². The minimum absolute atomic E-state index is 0.193. The summed E-state index contributed by atoms with van der Waals surface area (Å²) >= 11 is 3.74. The first-order valence-electron chi connectivity index (χ1n) is 6.73. The van der Waals surface area contributed by atoms with Gasteiger partial charge in [0, 0.05) is 29.2 Å². The van der Waals surface area contributed by atoms with E-state index in [-0.39, 0.29) is 12.0 Å². The number of alkyl halides is 1. The van der Waals surface area contributed by atoms with Crippen LogP contribution in [0.25, 0.3) is 0 Å². The highest BCUT2D eigenvalue weighted by molar-refractivity contribution is 9.09. The first-order chi connectivity index (χ1) is 8.75. The Labute approximate surface area is 116 Å². The molecule has 0 aromatic heterocycles. The summed E-state index contributed by atoms with van der Waals surface area (Å²) < 4.78 is 0. The fraction of sp³-hybridized carbons (Fsp3) is 0.533. The lowest BCUT2D eigenvalue weighted by Gasteiger charge is -2.42. The van der Waals surface area contributed by atoms with E-state index in [4.69, 9.17) is 0 Å². The van der Waals surface area contributed by atoms with Crippen LogP contribution in [-0.2, 0) is 4.79 Å². The Hall–Kier alpha value is -0.670. The Morgan fingerprint density at radius 1 is 1.17 bits per heavy atom. The van der Waals surface area contributed by atoms with Crippen LogP contribution in [0, 0.1) is 5.92 Å². The first kappa shape index (κ1) is 12.4. The molecule has 1 saturated heterocycles. The molecule has 2 aliphatic rings. The van der Waals surface area contributed by atoms with E-state index in [0.29, 0.717) is 23.1 Å². The third-order valence-corrected chi connectivity index (χ3v) is 5.26. The number of rotatable bonds is 1. The molecule has 0 radical (unpaired) electrons. The largest absolute Gasteiger partial charge is 0.305 e. The van der Waals surface area contributed by atoms with E-state index < -0.39 is 0 Å². The molecule has 1 N–H and O–H groups in total. The molecule has 18 heavy (non-hydrogen) atoms. The quantitative estimate of drug-likeness (QED) is 0.807. The molecular formula is C15H18BrNO. The van der Waals surface area contributed by atoms with Gasteiger partial charge in [-0.05, 0) is 18.4 Å². The molecule has 96 valence electrons. The summed E-state index contributed by atoms with van der Waals surface area (Å²) in [5, 5.41) is 3.68. The van der Waals surface area contributed by atoms with Gasteiger partial charge in [-0.3, -0.25) is 4.79 Å². The van der Waals surface area contributed by atoms with E-state index in [1.807, 2.05) is 18.2 Å². The molecule has 3 rings (SSSR count). The first-order valence-corrected chi connectivity index (χ1v) is 7.65. The maximum Gasteiger partial charge on any atom is 0.139 e. The van der Waals surface area contributed by atoms with E-state index in [0.717, 1.165) is 6.42 Å². The molecule has 4 unspecified atom stereocenters. The van der Waals surface area contributed by atoms with Crippen LogP contribution >= 0.6 is 15.9 Å². The van der Waals surface area contributed by atoms with Gasteiger partial charge in [-0.15, -0.1) is 0 Å². The van der Waals surface area contributed by atoms with Gasteiger partial charge in [-0.1, -0.05) is 52.7 Å². The van der Waals surface area contributed by atoms with E-state index in [2.05, 4.69) is 33.4 Å². The number of carbonyl (C=O) groups excluding carboxylic acids is 1. The third kappa shape index (κ3) is 2.26. The second-order valence-corrected chi connectivity index (χ2v) is 6.56. The molecule has 1 saturated carbocycles. The van der Waals surface area contributed by atoms with Crippen molar-refractivity contribution in [3.8, 4) is 0 Å². The van der Waals surface area contributed by atoms with E-state index >= 15 is 0 Å². The van der Waals surface area contributed by atoms with Crippen LogP contribution in [0.1, 0.15) is 37.3 Å². The van der Waals surface area contributed by atoms with Crippen molar-refractivity contribution >= 4 is 21.7 Å². The van der Waals surface area contributed by atoms with Gasteiger partial charge in [0.25, 0.3) is 0 Å². The average molecular weight is 308 g/mol. The Bertz CT molecular complexity index is 433. The normalized spacial score (nSPS) is 36.2. The van der Waals surface area contributed by atoms with Crippen molar-refractivity contribution in [1.82, 2.24) is 5.32 Å². The number of ketones is 1. The average Bonchev–Trinajstić information content (AvgIpc) is 2.41. The molecule has 1 aromatic rings. The van der Waals surface area contributed by atoms with Gasteiger partial charge in [0.1, 0.15) is 5.78 Å². The zero-order chi connectivity index (χ0) is 12.5. The summed E-state index contributed by atoms with van der Waals surface area (Å²) in [5.74, 6) is 0.667. The fourth-order valence-corrected chi connectivity index (χ4v) is 4.11. The molecule has 1 aromatic carbocycles. The number of piperidine rings is 1. The predicted octanol–water partition coefficient (Wildman–Crippen LogP) is 3.22. The number of hydrogen-bond acceptors (Lipinski definition) is 2. The van der Waals surface area contributed by atoms with Crippen LogP contribution in [0.2, 0.25) is 0 Å². The highest BCUT2D eigenvalue weighted by atomic mass is 79.9. The van der Waals surface area contributed by atoms with Gasteiger partial charge >= 0.3 is 0 Å². The van der Waals surface area contributed by atoms with Gasteiger partial charge in [0.05, 0.1) is 0 Å². The zero-order valence-corrected chi connectivity index (χ0v) is 11.9. The summed E-state index contributed by atoms with van der Waals surface area (Å²) in [6.45, 7) is 0. The molecule has 0 bridgehead atoms. The molecule has 0 spiro atoms. The second kappa shape index (κ2) is 5.14. The number of hydrogen-bond donors (Lipinski definition) is 1. The maximum atomic E-state index is 12.3.